The number of benzene rings is 1. The Kier molecular flexibility index (Phi) is 6.15. The molecular weight excluding hydrogens is 413 g/mol. The molecule has 3 aromatic rings. The fourth-order valence-electron chi connectivity index (χ4n) is 2.33. The molecule has 0 saturated carbocycles. The van der Waals surface area contributed by atoms with Gasteiger partial charge in [-0.05, 0) is 40.9 Å². The zero-order chi connectivity index (χ0) is 19.4. The van der Waals surface area contributed by atoms with Crippen molar-refractivity contribution in [2.45, 2.75) is 6.54 Å². The number of hydrogen-bond acceptors (Lipinski definition) is 7. The second-order valence-corrected chi connectivity index (χ2v) is 6.29. The Bertz CT molecular complexity index is 1000. The van der Waals surface area contributed by atoms with Gasteiger partial charge in [0.05, 0.1) is 7.11 Å². The lowest BCUT2D eigenvalue weighted by Gasteiger charge is -2.12. The predicted molar refractivity (Wildman–Crippen MR) is 106 cm³/mol. The second-order valence-electron chi connectivity index (χ2n) is 5.26. The Morgan fingerprint density at radius 2 is 1.78 bits per heavy atom. The Labute approximate surface area is 170 Å². The van der Waals surface area contributed by atoms with Crippen molar-refractivity contribution >= 4 is 51.7 Å². The standard InChI is InChI=1S/C17H14Cl3N5O2/c1-3-6-27-10-5-4-9(7-11(10)26-2)8-21-15-13-12(22-17(20)25-15)14(18)24-16(19)23-13/h3-5,7H,1,6,8H2,2H3,(H,21,22,25). The first-order valence-corrected chi connectivity index (χ1v) is 8.86. The van der Waals surface area contributed by atoms with Gasteiger partial charge in [-0.2, -0.15) is 4.98 Å². The topological polar surface area (TPSA) is 82.0 Å². The summed E-state index contributed by atoms with van der Waals surface area (Å²) in [6.07, 6.45) is 1.66. The van der Waals surface area contributed by atoms with Crippen molar-refractivity contribution in [3.63, 3.8) is 0 Å². The summed E-state index contributed by atoms with van der Waals surface area (Å²) in [6.45, 7) is 4.43. The SMILES string of the molecule is C=CCOc1ccc(CNc2nc(Cl)nc3c(Cl)nc(Cl)nc23)cc1OC. The molecule has 2 aromatic heterocycles. The Morgan fingerprint density at radius 1 is 1.04 bits per heavy atom. The fraction of sp³-hybridized carbons (Fsp3) is 0.176. The van der Waals surface area contributed by atoms with E-state index in [1.54, 1.807) is 13.2 Å². The van der Waals surface area contributed by atoms with Gasteiger partial charge in [0.15, 0.2) is 22.5 Å². The lowest BCUT2D eigenvalue weighted by Crippen LogP contribution is -2.05. The van der Waals surface area contributed by atoms with Gasteiger partial charge in [-0.15, -0.1) is 0 Å². The monoisotopic (exact) mass is 425 g/mol. The van der Waals surface area contributed by atoms with E-state index < -0.39 is 0 Å². The van der Waals surface area contributed by atoms with Crippen LogP contribution in [-0.2, 0) is 6.54 Å². The van der Waals surface area contributed by atoms with Crippen LogP contribution in [0.5, 0.6) is 11.5 Å². The van der Waals surface area contributed by atoms with Crippen LogP contribution in [0.1, 0.15) is 5.56 Å². The molecule has 3 rings (SSSR count). The van der Waals surface area contributed by atoms with Gasteiger partial charge in [0.2, 0.25) is 10.6 Å². The summed E-state index contributed by atoms with van der Waals surface area (Å²) >= 11 is 17.9. The van der Waals surface area contributed by atoms with Gasteiger partial charge in [0.1, 0.15) is 17.6 Å². The maximum absolute atomic E-state index is 6.07. The smallest absolute Gasteiger partial charge is 0.225 e. The number of rotatable bonds is 7. The van der Waals surface area contributed by atoms with Gasteiger partial charge in [-0.3, -0.25) is 0 Å². The molecule has 0 aliphatic heterocycles. The average molecular weight is 427 g/mol. The van der Waals surface area contributed by atoms with E-state index in [9.17, 15) is 0 Å². The zero-order valence-corrected chi connectivity index (χ0v) is 16.4. The third kappa shape index (κ3) is 4.50. The van der Waals surface area contributed by atoms with E-state index in [1.807, 2.05) is 18.2 Å². The van der Waals surface area contributed by atoms with E-state index in [0.717, 1.165) is 5.56 Å². The van der Waals surface area contributed by atoms with Crippen molar-refractivity contribution in [3.8, 4) is 11.5 Å². The highest BCUT2D eigenvalue weighted by molar-refractivity contribution is 6.36. The van der Waals surface area contributed by atoms with Crippen LogP contribution >= 0.6 is 34.8 Å². The fourth-order valence-corrected chi connectivity index (χ4v) is 2.92. The van der Waals surface area contributed by atoms with Gasteiger partial charge < -0.3 is 14.8 Å². The molecule has 0 aliphatic carbocycles. The molecule has 0 bridgehead atoms. The molecule has 27 heavy (non-hydrogen) atoms. The van der Waals surface area contributed by atoms with Crippen molar-refractivity contribution in [2.75, 3.05) is 19.0 Å². The number of hydrogen-bond donors (Lipinski definition) is 1. The van der Waals surface area contributed by atoms with Crippen LogP contribution < -0.4 is 14.8 Å². The van der Waals surface area contributed by atoms with Crippen molar-refractivity contribution in [1.82, 2.24) is 19.9 Å². The lowest BCUT2D eigenvalue weighted by molar-refractivity contribution is 0.326. The largest absolute Gasteiger partial charge is 0.493 e. The number of methoxy groups -OCH3 is 1. The highest BCUT2D eigenvalue weighted by Gasteiger charge is 2.14. The van der Waals surface area contributed by atoms with Gasteiger partial charge in [-0.25, -0.2) is 15.0 Å². The van der Waals surface area contributed by atoms with Crippen LogP contribution in [0.15, 0.2) is 30.9 Å². The molecule has 0 amide bonds. The average Bonchev–Trinajstić information content (AvgIpc) is 2.65. The maximum Gasteiger partial charge on any atom is 0.225 e. The van der Waals surface area contributed by atoms with E-state index >= 15 is 0 Å². The molecule has 10 heteroatoms. The van der Waals surface area contributed by atoms with Crippen LogP contribution in [0, 0.1) is 0 Å². The normalized spacial score (nSPS) is 10.7. The first-order valence-electron chi connectivity index (χ1n) is 7.72. The van der Waals surface area contributed by atoms with Gasteiger partial charge >= 0.3 is 0 Å². The number of halogens is 3. The molecule has 1 N–H and O–H groups in total. The number of fused-ring (bicyclic) bond motifs is 1. The van der Waals surface area contributed by atoms with E-state index in [4.69, 9.17) is 44.3 Å². The molecule has 2 heterocycles. The van der Waals surface area contributed by atoms with E-state index in [-0.39, 0.29) is 15.7 Å². The summed E-state index contributed by atoms with van der Waals surface area (Å²) in [5.41, 5.74) is 1.61. The molecule has 0 spiro atoms. The van der Waals surface area contributed by atoms with Crippen molar-refractivity contribution in [1.29, 1.82) is 0 Å². The van der Waals surface area contributed by atoms with Gasteiger partial charge in [-0.1, -0.05) is 30.3 Å². The number of ether oxygens (including phenoxy) is 2. The van der Waals surface area contributed by atoms with Crippen molar-refractivity contribution in [3.05, 3.63) is 52.1 Å². The van der Waals surface area contributed by atoms with Crippen LogP contribution in [0.2, 0.25) is 15.7 Å². The molecule has 0 aliphatic rings. The number of nitrogens with one attached hydrogen (secondary N) is 1. The van der Waals surface area contributed by atoms with Crippen molar-refractivity contribution in [2.24, 2.45) is 0 Å². The molecule has 1 aromatic carbocycles. The minimum Gasteiger partial charge on any atom is -0.493 e. The van der Waals surface area contributed by atoms with Crippen LogP contribution in [0.3, 0.4) is 0 Å². The molecule has 140 valence electrons. The predicted octanol–water partition coefficient (Wildman–Crippen LogP) is 4.57. The van der Waals surface area contributed by atoms with Gasteiger partial charge in [0.25, 0.3) is 0 Å². The van der Waals surface area contributed by atoms with Crippen LogP contribution in [0.4, 0.5) is 5.82 Å². The lowest BCUT2D eigenvalue weighted by atomic mass is 10.2. The molecule has 0 atom stereocenters. The molecular formula is C17H14Cl3N5O2. The highest BCUT2D eigenvalue weighted by Crippen LogP contribution is 2.30. The van der Waals surface area contributed by atoms with Crippen LogP contribution in [-0.4, -0.2) is 33.7 Å². The Hall–Kier alpha value is -2.35. The molecule has 7 nitrogen and oxygen atoms in total. The Balaban J connectivity index is 1.87. The molecule has 0 fully saturated rings. The minimum atomic E-state index is -0.00754. The first kappa shape index (κ1) is 19.4. The molecule has 0 radical (unpaired) electrons. The number of anilines is 1. The summed E-state index contributed by atoms with van der Waals surface area (Å²) in [7, 11) is 1.58. The summed E-state index contributed by atoms with van der Waals surface area (Å²) in [4.78, 5) is 16.2. The van der Waals surface area contributed by atoms with Crippen LogP contribution in [0.25, 0.3) is 11.0 Å². The van der Waals surface area contributed by atoms with Crippen molar-refractivity contribution < 1.29 is 9.47 Å². The zero-order valence-electron chi connectivity index (χ0n) is 14.2. The maximum atomic E-state index is 6.07. The molecule has 0 saturated heterocycles. The van der Waals surface area contributed by atoms with E-state index in [0.29, 0.717) is 41.5 Å². The Morgan fingerprint density at radius 3 is 2.52 bits per heavy atom. The van der Waals surface area contributed by atoms with E-state index in [1.165, 1.54) is 0 Å². The summed E-state index contributed by atoms with van der Waals surface area (Å²) < 4.78 is 10.9. The summed E-state index contributed by atoms with van der Waals surface area (Å²) in [6, 6.07) is 5.57. The summed E-state index contributed by atoms with van der Waals surface area (Å²) in [5.74, 6) is 1.63. The molecule has 0 unspecified atom stereocenters. The summed E-state index contributed by atoms with van der Waals surface area (Å²) in [5, 5.41) is 3.27. The minimum absolute atomic E-state index is 0.00754. The highest BCUT2D eigenvalue weighted by atomic mass is 35.5. The quantitative estimate of drug-likeness (QED) is 0.337. The van der Waals surface area contributed by atoms with Gasteiger partial charge in [0, 0.05) is 6.54 Å². The first-order chi connectivity index (χ1) is 13.0. The number of nitrogens with zero attached hydrogens (tertiary/aromatic N) is 4. The van der Waals surface area contributed by atoms with E-state index in [2.05, 4.69) is 31.8 Å². The number of aromatic nitrogens is 4. The third-order valence-electron chi connectivity index (χ3n) is 3.49. The second kappa shape index (κ2) is 8.56. The third-order valence-corrected chi connectivity index (χ3v) is 4.09.